The zero-order valence-electron chi connectivity index (χ0n) is 5.82. The van der Waals surface area contributed by atoms with Crippen LogP contribution in [-0.2, 0) is 14.3 Å². The Labute approximate surface area is 63.1 Å². The highest BCUT2D eigenvalue weighted by Gasteiger charge is 2.67. The summed E-state index contributed by atoms with van der Waals surface area (Å²) < 4.78 is 10.2. The van der Waals surface area contributed by atoms with Gasteiger partial charge in [0.2, 0.25) is 5.79 Å². The number of esters is 1. The second-order valence-corrected chi connectivity index (χ2v) is 3.49. The maximum absolute atomic E-state index is 11.0. The minimum Gasteiger partial charge on any atom is -0.430 e. The molecule has 3 fully saturated rings. The molecule has 0 aliphatic carbocycles. The molecule has 3 heterocycles. The van der Waals surface area contributed by atoms with Gasteiger partial charge in [-0.15, -0.1) is 0 Å². The quantitative estimate of drug-likeness (QED) is 0.476. The zero-order chi connectivity index (χ0) is 7.64. The van der Waals surface area contributed by atoms with Crippen molar-refractivity contribution in [1.29, 1.82) is 0 Å². The summed E-state index contributed by atoms with van der Waals surface area (Å²) in [5, 5.41) is 9.63. The number of hydrogen-bond acceptors (Lipinski definition) is 4. The highest BCUT2D eigenvalue weighted by atomic mass is 16.7. The van der Waals surface area contributed by atoms with Gasteiger partial charge in [-0.1, -0.05) is 0 Å². The van der Waals surface area contributed by atoms with Crippen LogP contribution in [-0.4, -0.2) is 29.1 Å². The Morgan fingerprint density at radius 2 is 2.45 bits per heavy atom. The number of hydrogen-bond donors (Lipinski definition) is 1. The molecule has 0 amide bonds. The molecule has 0 spiro atoms. The largest absolute Gasteiger partial charge is 0.430 e. The van der Waals surface area contributed by atoms with E-state index in [0.29, 0.717) is 6.42 Å². The van der Waals surface area contributed by atoms with Gasteiger partial charge in [-0.3, -0.25) is 4.79 Å². The number of ether oxygens (including phenoxy) is 2. The zero-order valence-corrected chi connectivity index (χ0v) is 5.82. The van der Waals surface area contributed by atoms with Gasteiger partial charge in [0.1, 0.15) is 6.10 Å². The molecular formula is C7H8O4. The summed E-state index contributed by atoms with van der Waals surface area (Å²) in [6.45, 7) is 0. The van der Waals surface area contributed by atoms with Crippen LogP contribution in [0.15, 0.2) is 0 Å². The van der Waals surface area contributed by atoms with Crippen molar-refractivity contribution in [2.75, 3.05) is 0 Å². The van der Waals surface area contributed by atoms with Crippen LogP contribution in [0.2, 0.25) is 0 Å². The normalized spacial score (nSPS) is 58.6. The smallest absolute Gasteiger partial charge is 0.314 e. The Morgan fingerprint density at radius 1 is 1.64 bits per heavy atom. The highest BCUT2D eigenvalue weighted by molar-refractivity contribution is 5.77. The van der Waals surface area contributed by atoms with E-state index in [0.717, 1.165) is 6.42 Å². The fraction of sp³-hybridized carbons (Fsp3) is 0.857. The minimum atomic E-state index is -1.27. The molecular weight excluding hydrogens is 148 g/mol. The van der Waals surface area contributed by atoms with Crippen molar-refractivity contribution in [3.05, 3.63) is 0 Å². The number of fused-ring (bicyclic) bond motifs is 1. The Hall–Kier alpha value is -0.610. The predicted octanol–water partition coefficient (Wildman–Crippen LogP) is -0.591. The second kappa shape index (κ2) is 1.44. The Bertz CT molecular complexity index is 239. The maximum atomic E-state index is 11.0. The van der Waals surface area contributed by atoms with Crippen LogP contribution in [0, 0.1) is 5.92 Å². The van der Waals surface area contributed by atoms with E-state index in [1.807, 2.05) is 0 Å². The second-order valence-electron chi connectivity index (χ2n) is 3.49. The van der Waals surface area contributed by atoms with E-state index in [9.17, 15) is 9.90 Å². The van der Waals surface area contributed by atoms with Crippen LogP contribution < -0.4 is 0 Å². The van der Waals surface area contributed by atoms with E-state index in [2.05, 4.69) is 0 Å². The molecule has 0 aromatic heterocycles. The molecule has 3 aliphatic heterocycles. The molecule has 4 nitrogen and oxygen atoms in total. The Morgan fingerprint density at radius 3 is 3.00 bits per heavy atom. The van der Waals surface area contributed by atoms with Gasteiger partial charge >= 0.3 is 5.97 Å². The lowest BCUT2D eigenvalue weighted by Crippen LogP contribution is -2.38. The summed E-state index contributed by atoms with van der Waals surface area (Å²) in [7, 11) is 0. The summed E-state index contributed by atoms with van der Waals surface area (Å²) >= 11 is 0. The van der Waals surface area contributed by atoms with Gasteiger partial charge in [-0.05, 0) is 6.42 Å². The first-order chi connectivity index (χ1) is 5.19. The molecule has 0 saturated carbocycles. The summed E-state index contributed by atoms with van der Waals surface area (Å²) in [4.78, 5) is 11.0. The molecule has 3 rings (SSSR count). The van der Waals surface area contributed by atoms with Crippen molar-refractivity contribution in [3.8, 4) is 0 Å². The lowest BCUT2D eigenvalue weighted by atomic mass is 9.88. The molecule has 0 aromatic carbocycles. The van der Waals surface area contributed by atoms with Crippen LogP contribution in [0.3, 0.4) is 0 Å². The van der Waals surface area contributed by atoms with Gasteiger partial charge in [0.25, 0.3) is 0 Å². The summed E-state index contributed by atoms with van der Waals surface area (Å²) in [5.74, 6) is -1.76. The standard InChI is InChI=1S/C7H8O4/c8-6-4-1-3-2-7(9,11-6)5(4)10-3/h3-5,9H,1-2H2. The average Bonchev–Trinajstić information content (AvgIpc) is 2.43. The van der Waals surface area contributed by atoms with E-state index in [-0.39, 0.29) is 24.1 Å². The van der Waals surface area contributed by atoms with Gasteiger partial charge < -0.3 is 14.6 Å². The molecule has 3 aliphatic rings. The van der Waals surface area contributed by atoms with Crippen LogP contribution in [0.25, 0.3) is 0 Å². The summed E-state index contributed by atoms with van der Waals surface area (Å²) in [6, 6.07) is 0. The molecule has 4 heteroatoms. The number of carbonyl (C=O) groups excluding carboxylic acids is 1. The van der Waals surface area contributed by atoms with Crippen molar-refractivity contribution in [2.45, 2.75) is 30.8 Å². The molecule has 0 radical (unpaired) electrons. The molecule has 2 bridgehead atoms. The van der Waals surface area contributed by atoms with E-state index < -0.39 is 5.79 Å². The molecule has 11 heavy (non-hydrogen) atoms. The van der Waals surface area contributed by atoms with Crippen molar-refractivity contribution >= 4 is 5.97 Å². The third kappa shape index (κ3) is 0.520. The van der Waals surface area contributed by atoms with Gasteiger partial charge in [0.15, 0.2) is 0 Å². The van der Waals surface area contributed by atoms with E-state index in [1.165, 1.54) is 0 Å². The van der Waals surface area contributed by atoms with Crippen LogP contribution in [0.1, 0.15) is 12.8 Å². The van der Waals surface area contributed by atoms with Gasteiger partial charge in [0.05, 0.1) is 12.0 Å². The number of aliphatic hydroxyl groups is 1. The SMILES string of the molecule is O=C1OC2(O)CC3CC1C2O3. The molecule has 4 unspecified atom stereocenters. The van der Waals surface area contributed by atoms with Crippen molar-refractivity contribution in [1.82, 2.24) is 0 Å². The first kappa shape index (κ1) is 5.97. The fourth-order valence-electron chi connectivity index (χ4n) is 2.33. The van der Waals surface area contributed by atoms with Gasteiger partial charge in [0, 0.05) is 6.42 Å². The molecule has 0 aromatic rings. The molecule has 1 N–H and O–H groups in total. The van der Waals surface area contributed by atoms with Crippen LogP contribution in [0.4, 0.5) is 0 Å². The molecule has 4 atom stereocenters. The molecule has 60 valence electrons. The predicted molar refractivity (Wildman–Crippen MR) is 32.4 cm³/mol. The summed E-state index contributed by atoms with van der Waals surface area (Å²) in [5.41, 5.74) is 0. The monoisotopic (exact) mass is 156 g/mol. The number of carbonyl (C=O) groups is 1. The lowest BCUT2D eigenvalue weighted by molar-refractivity contribution is -0.194. The minimum absolute atomic E-state index is 0.0430. The highest BCUT2D eigenvalue weighted by Crippen LogP contribution is 2.51. The first-order valence-corrected chi connectivity index (χ1v) is 3.80. The van der Waals surface area contributed by atoms with Crippen molar-refractivity contribution in [3.63, 3.8) is 0 Å². The van der Waals surface area contributed by atoms with Gasteiger partial charge in [-0.25, -0.2) is 0 Å². The fourth-order valence-corrected chi connectivity index (χ4v) is 2.33. The Kier molecular flexibility index (Phi) is 0.784. The first-order valence-electron chi connectivity index (χ1n) is 3.80. The summed E-state index contributed by atoms with van der Waals surface area (Å²) in [6.07, 6.45) is 0.854. The number of rotatable bonds is 0. The third-order valence-electron chi connectivity index (χ3n) is 2.77. The van der Waals surface area contributed by atoms with E-state index in [4.69, 9.17) is 9.47 Å². The van der Waals surface area contributed by atoms with Crippen molar-refractivity contribution in [2.24, 2.45) is 5.92 Å². The van der Waals surface area contributed by atoms with Crippen molar-refractivity contribution < 1.29 is 19.4 Å². The van der Waals surface area contributed by atoms with E-state index >= 15 is 0 Å². The third-order valence-corrected chi connectivity index (χ3v) is 2.77. The lowest BCUT2D eigenvalue weighted by Gasteiger charge is -2.20. The van der Waals surface area contributed by atoms with Crippen LogP contribution >= 0.6 is 0 Å². The van der Waals surface area contributed by atoms with Gasteiger partial charge in [-0.2, -0.15) is 0 Å². The molecule has 3 saturated heterocycles. The Balaban J connectivity index is 2.10. The average molecular weight is 156 g/mol. The topological polar surface area (TPSA) is 55.8 Å². The van der Waals surface area contributed by atoms with Crippen LogP contribution in [0.5, 0.6) is 0 Å². The maximum Gasteiger partial charge on any atom is 0.314 e. The van der Waals surface area contributed by atoms with E-state index in [1.54, 1.807) is 0 Å².